The molecule has 0 unspecified atom stereocenters. The van der Waals surface area contributed by atoms with Crippen LogP contribution >= 0.6 is 25.3 Å². The van der Waals surface area contributed by atoms with Crippen LogP contribution in [0.1, 0.15) is 0 Å². The monoisotopic (exact) mass is 411 g/mol. The fourth-order valence-corrected chi connectivity index (χ4v) is 1.79. The van der Waals surface area contributed by atoms with Gasteiger partial charge in [-0.05, 0) is 12.1 Å². The SMILES string of the molecule is COC(=O)NC(S)=Nc1ccccc1N=C(S)NC(=O)OC.c1c[nH]nn1. The van der Waals surface area contributed by atoms with E-state index in [2.05, 4.69) is 70.8 Å². The van der Waals surface area contributed by atoms with E-state index in [1.807, 2.05) is 0 Å². The fourth-order valence-electron chi connectivity index (χ4n) is 1.39. The summed E-state index contributed by atoms with van der Waals surface area (Å²) in [5.74, 6) is 0. The minimum atomic E-state index is -0.697. The van der Waals surface area contributed by atoms with Gasteiger partial charge in [0.15, 0.2) is 10.3 Å². The van der Waals surface area contributed by atoms with Crippen molar-refractivity contribution in [1.29, 1.82) is 0 Å². The van der Waals surface area contributed by atoms with Crippen molar-refractivity contribution >= 4 is 59.2 Å². The van der Waals surface area contributed by atoms with E-state index in [1.54, 1.807) is 36.7 Å². The van der Waals surface area contributed by atoms with Gasteiger partial charge in [-0.25, -0.2) is 19.6 Å². The number of carbonyl (C=O) groups excluding carboxylic acids is 2. The number of thiol groups is 2. The summed E-state index contributed by atoms with van der Waals surface area (Å²) in [6.45, 7) is 0. The summed E-state index contributed by atoms with van der Waals surface area (Å²) >= 11 is 8.05. The third-order valence-electron chi connectivity index (χ3n) is 2.46. The standard InChI is InChI=1S/C12H14N4O4S2.C2H3N3/c1-19-11(17)15-9(21)13-7-5-3-4-6-8(7)14-10(22)16-12(18)20-2;1-2-4-5-3-1/h3-6H,1-2H3,(H2,13,15,17,21)(H2,14,16,18,22);1-2H,(H,3,4,5). The molecule has 0 aliphatic carbocycles. The summed E-state index contributed by atoms with van der Waals surface area (Å²) in [5, 5.41) is 13.9. The van der Waals surface area contributed by atoms with Gasteiger partial charge >= 0.3 is 12.2 Å². The quantitative estimate of drug-likeness (QED) is 0.291. The predicted octanol–water partition coefficient (Wildman–Crippen LogP) is 2.04. The third-order valence-corrected chi connectivity index (χ3v) is 2.89. The minimum Gasteiger partial charge on any atom is -0.453 e. The topological polar surface area (TPSA) is 143 Å². The van der Waals surface area contributed by atoms with Gasteiger partial charge in [-0.3, -0.25) is 15.7 Å². The molecular weight excluding hydrogens is 394 g/mol. The van der Waals surface area contributed by atoms with Crippen LogP contribution in [0.2, 0.25) is 0 Å². The Labute approximate surface area is 165 Å². The third kappa shape index (κ3) is 9.27. The van der Waals surface area contributed by atoms with Crippen molar-refractivity contribution in [1.82, 2.24) is 26.0 Å². The summed E-state index contributed by atoms with van der Waals surface area (Å²) in [7, 11) is 2.45. The molecule has 2 amide bonds. The predicted molar refractivity (Wildman–Crippen MR) is 106 cm³/mol. The number of para-hydroxylation sites is 2. The number of benzene rings is 1. The lowest BCUT2D eigenvalue weighted by Gasteiger charge is -2.05. The Hall–Kier alpha value is -3.06. The molecule has 13 heteroatoms. The van der Waals surface area contributed by atoms with Crippen molar-refractivity contribution in [3.8, 4) is 0 Å². The number of ether oxygens (including phenoxy) is 2. The lowest BCUT2D eigenvalue weighted by Crippen LogP contribution is -2.26. The zero-order valence-electron chi connectivity index (χ0n) is 14.3. The zero-order chi connectivity index (χ0) is 20.1. The maximum absolute atomic E-state index is 11.1. The first-order valence-electron chi connectivity index (χ1n) is 7.11. The van der Waals surface area contributed by atoms with Crippen molar-refractivity contribution in [3.63, 3.8) is 0 Å². The number of hydrogen-bond donors (Lipinski definition) is 5. The highest BCUT2D eigenvalue weighted by Crippen LogP contribution is 2.27. The Bertz CT molecular complexity index is 726. The molecule has 0 aliphatic heterocycles. The Morgan fingerprint density at radius 3 is 1.78 bits per heavy atom. The van der Waals surface area contributed by atoms with Crippen LogP contribution in [0, 0.1) is 0 Å². The fraction of sp³-hybridized carbons (Fsp3) is 0.143. The smallest absolute Gasteiger partial charge is 0.412 e. The number of H-pyrrole nitrogens is 1. The van der Waals surface area contributed by atoms with Gasteiger partial charge in [0, 0.05) is 6.20 Å². The molecular formula is C14H17N7O4S2. The molecule has 0 radical (unpaired) electrons. The maximum Gasteiger partial charge on any atom is 0.412 e. The van der Waals surface area contributed by atoms with Gasteiger partial charge in [0.1, 0.15) is 0 Å². The highest BCUT2D eigenvalue weighted by atomic mass is 32.1. The number of nitrogens with one attached hydrogen (secondary N) is 3. The highest BCUT2D eigenvalue weighted by molar-refractivity contribution is 7.97. The molecule has 144 valence electrons. The van der Waals surface area contributed by atoms with Gasteiger partial charge in [-0.15, -0.1) is 30.4 Å². The largest absolute Gasteiger partial charge is 0.453 e. The van der Waals surface area contributed by atoms with Gasteiger partial charge in [0.2, 0.25) is 0 Å². The van der Waals surface area contributed by atoms with E-state index in [0.717, 1.165) is 0 Å². The van der Waals surface area contributed by atoms with E-state index in [9.17, 15) is 9.59 Å². The van der Waals surface area contributed by atoms with Gasteiger partial charge in [-0.2, -0.15) is 0 Å². The van der Waals surface area contributed by atoms with Crippen LogP contribution in [0.5, 0.6) is 0 Å². The first-order valence-corrected chi connectivity index (χ1v) is 8.00. The highest BCUT2D eigenvalue weighted by Gasteiger charge is 2.06. The van der Waals surface area contributed by atoms with Gasteiger partial charge in [-0.1, -0.05) is 17.3 Å². The van der Waals surface area contributed by atoms with E-state index < -0.39 is 12.2 Å². The molecule has 0 aliphatic rings. The summed E-state index contributed by atoms with van der Waals surface area (Å²) in [4.78, 5) is 30.3. The summed E-state index contributed by atoms with van der Waals surface area (Å²) in [5.41, 5.74) is 0.809. The number of amides is 2. The van der Waals surface area contributed by atoms with E-state index in [0.29, 0.717) is 11.4 Å². The number of nitrogens with zero attached hydrogens (tertiary/aromatic N) is 4. The van der Waals surface area contributed by atoms with Crippen molar-refractivity contribution < 1.29 is 19.1 Å². The Morgan fingerprint density at radius 2 is 1.48 bits per heavy atom. The average Bonchev–Trinajstić information content (AvgIpc) is 3.23. The van der Waals surface area contributed by atoms with Crippen LogP contribution in [-0.2, 0) is 9.47 Å². The molecule has 0 atom stereocenters. The number of rotatable bonds is 2. The number of amidine groups is 2. The molecule has 0 fully saturated rings. The number of aromatic nitrogens is 3. The van der Waals surface area contributed by atoms with Crippen molar-refractivity contribution in [2.24, 2.45) is 9.98 Å². The average molecular weight is 411 g/mol. The zero-order valence-corrected chi connectivity index (χ0v) is 16.1. The van der Waals surface area contributed by atoms with Crippen LogP contribution < -0.4 is 10.6 Å². The van der Waals surface area contributed by atoms with Gasteiger partial charge < -0.3 is 9.47 Å². The number of aliphatic imine (C=N–C) groups is 2. The van der Waals surface area contributed by atoms with Crippen molar-refractivity contribution in [2.75, 3.05) is 14.2 Å². The van der Waals surface area contributed by atoms with E-state index in [4.69, 9.17) is 0 Å². The molecule has 0 saturated carbocycles. The first-order chi connectivity index (χ1) is 13.0. The Kier molecular flexibility index (Phi) is 10.0. The molecule has 0 spiro atoms. The van der Waals surface area contributed by atoms with Crippen molar-refractivity contribution in [3.05, 3.63) is 36.7 Å². The van der Waals surface area contributed by atoms with Crippen LogP contribution in [0.4, 0.5) is 21.0 Å². The number of aromatic amines is 1. The molecule has 2 rings (SSSR count). The number of hydrogen-bond acceptors (Lipinski definition) is 8. The van der Waals surface area contributed by atoms with E-state index in [-0.39, 0.29) is 10.3 Å². The second-order valence-corrected chi connectivity index (χ2v) is 5.10. The van der Waals surface area contributed by atoms with Crippen LogP contribution in [-0.4, -0.2) is 52.2 Å². The van der Waals surface area contributed by atoms with Crippen LogP contribution in [0.25, 0.3) is 0 Å². The first kappa shape index (κ1) is 22.0. The molecule has 11 nitrogen and oxygen atoms in total. The molecule has 1 aromatic heterocycles. The molecule has 1 aromatic carbocycles. The summed E-state index contributed by atoms with van der Waals surface area (Å²) in [6, 6.07) is 6.74. The van der Waals surface area contributed by atoms with E-state index >= 15 is 0 Å². The molecule has 0 bridgehead atoms. The second kappa shape index (κ2) is 12.3. The number of methoxy groups -OCH3 is 2. The van der Waals surface area contributed by atoms with Crippen LogP contribution in [0.15, 0.2) is 46.6 Å². The van der Waals surface area contributed by atoms with Gasteiger partial charge in [0.25, 0.3) is 0 Å². The molecule has 3 N–H and O–H groups in total. The van der Waals surface area contributed by atoms with E-state index in [1.165, 1.54) is 14.2 Å². The molecule has 2 aromatic rings. The Balaban J connectivity index is 0.000000625. The second-order valence-electron chi connectivity index (χ2n) is 4.25. The molecule has 0 saturated heterocycles. The lowest BCUT2D eigenvalue weighted by molar-refractivity contribution is 0.176. The minimum absolute atomic E-state index is 0.0242. The summed E-state index contributed by atoms with van der Waals surface area (Å²) < 4.78 is 8.86. The maximum atomic E-state index is 11.1. The number of carbonyl (C=O) groups is 2. The summed E-state index contributed by atoms with van der Waals surface area (Å²) in [6.07, 6.45) is 1.84. The number of alkyl carbamates (subject to hydrolysis) is 2. The normalized spacial score (nSPS) is 11.0. The lowest BCUT2D eigenvalue weighted by atomic mass is 10.3. The molecule has 27 heavy (non-hydrogen) atoms. The van der Waals surface area contributed by atoms with Crippen LogP contribution in [0.3, 0.4) is 0 Å². The molecule has 1 heterocycles. The Morgan fingerprint density at radius 1 is 1.00 bits per heavy atom. The van der Waals surface area contributed by atoms with Crippen molar-refractivity contribution in [2.45, 2.75) is 0 Å². The van der Waals surface area contributed by atoms with Gasteiger partial charge in [0.05, 0.1) is 31.8 Å².